The molecule has 6 heteroatoms. The molecule has 0 spiro atoms. The summed E-state index contributed by atoms with van der Waals surface area (Å²) in [6.45, 7) is 6.32. The lowest BCUT2D eigenvalue weighted by atomic mass is 9.94. The first-order valence-electron chi connectivity index (χ1n) is 7.36. The van der Waals surface area contributed by atoms with Crippen LogP contribution >= 0.6 is 0 Å². The van der Waals surface area contributed by atoms with Gasteiger partial charge in [-0.3, -0.25) is 0 Å². The maximum Gasteiger partial charge on any atom is 0.243 e. The summed E-state index contributed by atoms with van der Waals surface area (Å²) in [7, 11) is -3.46. The Morgan fingerprint density at radius 3 is 2.33 bits per heavy atom. The molecule has 2 aliphatic heterocycles. The number of nitrogens with zero attached hydrogens (tertiary/aromatic N) is 1. The van der Waals surface area contributed by atoms with Crippen LogP contribution in [-0.4, -0.2) is 39.0 Å². The van der Waals surface area contributed by atoms with Gasteiger partial charge >= 0.3 is 0 Å². The van der Waals surface area contributed by atoms with Gasteiger partial charge in [-0.25, -0.2) is 8.42 Å². The van der Waals surface area contributed by atoms with Crippen molar-refractivity contribution in [3.63, 3.8) is 0 Å². The zero-order chi connectivity index (χ0) is 15.0. The molecule has 0 radical (unpaired) electrons. The van der Waals surface area contributed by atoms with Gasteiger partial charge in [-0.15, -0.1) is 0 Å². The summed E-state index contributed by atoms with van der Waals surface area (Å²) in [6, 6.07) is 4.86. The van der Waals surface area contributed by atoms with Crippen LogP contribution in [0.25, 0.3) is 0 Å². The predicted molar refractivity (Wildman–Crippen MR) is 79.1 cm³/mol. The Hall–Kier alpha value is -1.27. The SMILES string of the molecule is CC1CC(C)CN(S(=O)(=O)c2ccc3c(c2)OCCO3)C1. The average molecular weight is 311 g/mol. The molecule has 0 aliphatic carbocycles. The quantitative estimate of drug-likeness (QED) is 0.839. The van der Waals surface area contributed by atoms with Crippen molar-refractivity contribution < 1.29 is 17.9 Å². The summed E-state index contributed by atoms with van der Waals surface area (Å²) in [6.07, 6.45) is 1.08. The van der Waals surface area contributed by atoms with E-state index in [1.54, 1.807) is 22.5 Å². The van der Waals surface area contributed by atoms with E-state index in [2.05, 4.69) is 13.8 Å². The minimum Gasteiger partial charge on any atom is -0.486 e. The van der Waals surface area contributed by atoms with Crippen LogP contribution in [0.4, 0.5) is 0 Å². The number of benzene rings is 1. The number of rotatable bonds is 2. The first-order valence-corrected chi connectivity index (χ1v) is 8.80. The van der Waals surface area contributed by atoms with Crippen molar-refractivity contribution in [3.8, 4) is 11.5 Å². The third-order valence-corrected chi connectivity index (χ3v) is 5.81. The lowest BCUT2D eigenvalue weighted by molar-refractivity contribution is 0.171. The van der Waals surface area contributed by atoms with Crippen molar-refractivity contribution in [3.05, 3.63) is 18.2 Å². The van der Waals surface area contributed by atoms with Gasteiger partial charge in [0, 0.05) is 19.2 Å². The summed E-state index contributed by atoms with van der Waals surface area (Å²) < 4.78 is 38.1. The van der Waals surface area contributed by atoms with Gasteiger partial charge in [0.05, 0.1) is 4.90 Å². The molecule has 1 fully saturated rings. The summed E-state index contributed by atoms with van der Waals surface area (Å²) in [4.78, 5) is 0.285. The standard InChI is InChI=1S/C15H21NO4S/c1-11-7-12(2)10-16(9-11)21(17,18)13-3-4-14-15(8-13)20-6-5-19-14/h3-4,8,11-12H,5-7,9-10H2,1-2H3. The second-order valence-electron chi connectivity index (χ2n) is 6.07. The van der Waals surface area contributed by atoms with E-state index >= 15 is 0 Å². The highest BCUT2D eigenvalue weighted by Crippen LogP contribution is 2.34. The summed E-state index contributed by atoms with van der Waals surface area (Å²) in [5, 5.41) is 0. The van der Waals surface area contributed by atoms with Crippen molar-refractivity contribution in [2.24, 2.45) is 11.8 Å². The zero-order valence-electron chi connectivity index (χ0n) is 12.4. The monoisotopic (exact) mass is 311 g/mol. The molecule has 5 nitrogen and oxygen atoms in total. The van der Waals surface area contributed by atoms with Crippen LogP contribution in [0, 0.1) is 11.8 Å². The van der Waals surface area contributed by atoms with E-state index in [9.17, 15) is 8.42 Å². The molecular formula is C15H21NO4S. The third-order valence-electron chi connectivity index (χ3n) is 3.99. The van der Waals surface area contributed by atoms with Gasteiger partial charge in [0.25, 0.3) is 0 Å². The zero-order valence-corrected chi connectivity index (χ0v) is 13.2. The van der Waals surface area contributed by atoms with Crippen molar-refractivity contribution in [1.82, 2.24) is 4.31 Å². The molecule has 0 amide bonds. The van der Waals surface area contributed by atoms with Crippen LogP contribution in [0.1, 0.15) is 20.3 Å². The molecular weight excluding hydrogens is 290 g/mol. The highest BCUT2D eigenvalue weighted by atomic mass is 32.2. The normalized spacial score (nSPS) is 26.6. The van der Waals surface area contributed by atoms with Gasteiger partial charge in [-0.2, -0.15) is 4.31 Å². The fraction of sp³-hybridized carbons (Fsp3) is 0.600. The molecule has 1 aromatic carbocycles. The minimum atomic E-state index is -3.46. The number of hydrogen-bond acceptors (Lipinski definition) is 4. The lowest BCUT2D eigenvalue weighted by Gasteiger charge is -2.34. The van der Waals surface area contributed by atoms with Gasteiger partial charge in [-0.05, 0) is 30.4 Å². The first kappa shape index (κ1) is 14.7. The van der Waals surface area contributed by atoms with Gasteiger partial charge in [0.2, 0.25) is 10.0 Å². The molecule has 116 valence electrons. The van der Waals surface area contributed by atoms with Crippen LogP contribution in [0.3, 0.4) is 0 Å². The Morgan fingerprint density at radius 2 is 1.67 bits per heavy atom. The number of hydrogen-bond donors (Lipinski definition) is 0. The Morgan fingerprint density at radius 1 is 1.05 bits per heavy atom. The topological polar surface area (TPSA) is 55.8 Å². The highest BCUT2D eigenvalue weighted by molar-refractivity contribution is 7.89. The molecule has 0 N–H and O–H groups in total. The second kappa shape index (κ2) is 5.50. The summed E-state index contributed by atoms with van der Waals surface area (Å²) >= 11 is 0. The molecule has 2 aliphatic rings. The lowest BCUT2D eigenvalue weighted by Crippen LogP contribution is -2.42. The largest absolute Gasteiger partial charge is 0.486 e. The predicted octanol–water partition coefficient (Wildman–Crippen LogP) is 2.12. The maximum atomic E-state index is 12.8. The van der Waals surface area contributed by atoms with Crippen LogP contribution in [0.5, 0.6) is 11.5 Å². The van der Waals surface area contributed by atoms with Crippen molar-refractivity contribution in [1.29, 1.82) is 0 Å². The highest BCUT2D eigenvalue weighted by Gasteiger charge is 2.32. The third kappa shape index (κ3) is 2.87. The van der Waals surface area contributed by atoms with E-state index in [0.717, 1.165) is 6.42 Å². The smallest absolute Gasteiger partial charge is 0.243 e. The van der Waals surface area contributed by atoms with Crippen LogP contribution in [0.15, 0.2) is 23.1 Å². The number of fused-ring (bicyclic) bond motifs is 1. The Labute approximate surface area is 125 Å². The van der Waals surface area contributed by atoms with Gasteiger partial charge in [0.1, 0.15) is 13.2 Å². The van der Waals surface area contributed by atoms with E-state index in [4.69, 9.17) is 9.47 Å². The molecule has 2 unspecified atom stereocenters. The van der Waals surface area contributed by atoms with Gasteiger partial charge in [0.15, 0.2) is 11.5 Å². The average Bonchev–Trinajstić information content (AvgIpc) is 2.45. The summed E-state index contributed by atoms with van der Waals surface area (Å²) in [5.74, 6) is 1.91. The molecule has 21 heavy (non-hydrogen) atoms. The molecule has 0 saturated carbocycles. The summed E-state index contributed by atoms with van der Waals surface area (Å²) in [5.41, 5.74) is 0. The molecule has 1 saturated heterocycles. The molecule has 3 rings (SSSR count). The number of piperidine rings is 1. The molecule has 0 aromatic heterocycles. The minimum absolute atomic E-state index is 0.285. The van der Waals surface area contributed by atoms with Crippen molar-refractivity contribution in [2.75, 3.05) is 26.3 Å². The van der Waals surface area contributed by atoms with E-state index in [0.29, 0.717) is 49.6 Å². The fourth-order valence-electron chi connectivity index (χ4n) is 3.14. The van der Waals surface area contributed by atoms with E-state index < -0.39 is 10.0 Å². The number of sulfonamides is 1. The van der Waals surface area contributed by atoms with Crippen LogP contribution in [0.2, 0.25) is 0 Å². The maximum absolute atomic E-state index is 12.8. The second-order valence-corrected chi connectivity index (χ2v) is 8.01. The Balaban J connectivity index is 1.91. The van der Waals surface area contributed by atoms with Crippen LogP contribution in [-0.2, 0) is 10.0 Å². The van der Waals surface area contributed by atoms with Crippen molar-refractivity contribution in [2.45, 2.75) is 25.2 Å². The Bertz CT molecular complexity index is 619. The van der Waals surface area contributed by atoms with Gasteiger partial charge in [-0.1, -0.05) is 13.8 Å². The van der Waals surface area contributed by atoms with Crippen LogP contribution < -0.4 is 9.47 Å². The first-order chi connectivity index (χ1) is 9.96. The Kier molecular flexibility index (Phi) is 3.84. The van der Waals surface area contributed by atoms with Crippen molar-refractivity contribution >= 4 is 10.0 Å². The molecule has 2 atom stereocenters. The molecule has 0 bridgehead atoms. The fourth-order valence-corrected chi connectivity index (χ4v) is 4.83. The molecule has 1 aromatic rings. The van der Waals surface area contributed by atoms with Gasteiger partial charge < -0.3 is 9.47 Å². The van der Waals surface area contributed by atoms with E-state index in [-0.39, 0.29) is 4.90 Å². The molecule has 2 heterocycles. The number of ether oxygens (including phenoxy) is 2. The van der Waals surface area contributed by atoms with E-state index in [1.165, 1.54) is 0 Å². The van der Waals surface area contributed by atoms with E-state index in [1.807, 2.05) is 0 Å².